The SMILES string of the molecule is c1ccc(-c2ccc3ccc4ccc(-c5cccc6c(-c7ccc8c(ccc9oc%10ccccc%10c98)c7)cccc56)nc4c3n2)cc1. The van der Waals surface area contributed by atoms with Crippen LogP contribution in [0.4, 0.5) is 0 Å². The molecule has 218 valence electrons. The van der Waals surface area contributed by atoms with Crippen LogP contribution < -0.4 is 0 Å². The molecular weight excluding hydrogens is 572 g/mol. The summed E-state index contributed by atoms with van der Waals surface area (Å²) in [5.74, 6) is 0. The van der Waals surface area contributed by atoms with E-state index in [1.165, 1.54) is 38.1 Å². The Morgan fingerprint density at radius 2 is 1.00 bits per heavy atom. The molecule has 10 rings (SSSR count). The second kappa shape index (κ2) is 10.1. The number of furan rings is 1. The minimum atomic E-state index is 0.915. The lowest BCUT2D eigenvalue weighted by Crippen LogP contribution is -1.92. The molecule has 47 heavy (non-hydrogen) atoms. The van der Waals surface area contributed by atoms with Crippen molar-refractivity contribution in [1.82, 2.24) is 9.97 Å². The Kier molecular flexibility index (Phi) is 5.57. The first-order valence-electron chi connectivity index (χ1n) is 15.9. The second-order valence-corrected chi connectivity index (χ2v) is 12.1. The molecule has 0 spiro atoms. The molecule has 0 bridgehead atoms. The molecule has 3 heterocycles. The molecule has 0 unspecified atom stereocenters. The third-order valence-electron chi connectivity index (χ3n) is 9.46. The molecule has 0 saturated heterocycles. The lowest BCUT2D eigenvalue weighted by Gasteiger charge is -2.13. The average molecular weight is 599 g/mol. The van der Waals surface area contributed by atoms with Crippen LogP contribution in [0.15, 0.2) is 162 Å². The van der Waals surface area contributed by atoms with Crippen LogP contribution >= 0.6 is 0 Å². The van der Waals surface area contributed by atoms with E-state index in [9.17, 15) is 0 Å². The molecule has 0 aliphatic rings. The van der Waals surface area contributed by atoms with Gasteiger partial charge in [0, 0.05) is 32.7 Å². The Labute approximate surface area is 270 Å². The number of fused-ring (bicyclic) bond motifs is 9. The van der Waals surface area contributed by atoms with E-state index in [-0.39, 0.29) is 0 Å². The first kappa shape index (κ1) is 26.0. The zero-order chi connectivity index (χ0) is 30.9. The zero-order valence-electron chi connectivity index (χ0n) is 25.3. The number of hydrogen-bond donors (Lipinski definition) is 0. The molecule has 0 amide bonds. The van der Waals surface area contributed by atoms with Crippen LogP contribution in [0, 0.1) is 0 Å². The molecule has 3 nitrogen and oxygen atoms in total. The molecule has 0 aliphatic carbocycles. The van der Waals surface area contributed by atoms with Crippen molar-refractivity contribution < 1.29 is 4.42 Å². The van der Waals surface area contributed by atoms with Crippen LogP contribution in [0.25, 0.3) is 98.9 Å². The van der Waals surface area contributed by atoms with Gasteiger partial charge in [0.15, 0.2) is 0 Å². The van der Waals surface area contributed by atoms with Gasteiger partial charge in [-0.2, -0.15) is 0 Å². The average Bonchev–Trinajstić information content (AvgIpc) is 3.53. The van der Waals surface area contributed by atoms with E-state index in [1.807, 2.05) is 30.3 Å². The predicted molar refractivity (Wildman–Crippen MR) is 196 cm³/mol. The van der Waals surface area contributed by atoms with E-state index >= 15 is 0 Å². The van der Waals surface area contributed by atoms with Crippen LogP contribution in [0.2, 0.25) is 0 Å². The van der Waals surface area contributed by atoms with E-state index < -0.39 is 0 Å². The van der Waals surface area contributed by atoms with Crippen molar-refractivity contribution >= 4 is 65.3 Å². The molecule has 0 atom stereocenters. The first-order chi connectivity index (χ1) is 23.3. The second-order valence-electron chi connectivity index (χ2n) is 12.1. The normalized spacial score (nSPS) is 11.8. The molecular formula is C44H26N2O. The van der Waals surface area contributed by atoms with Gasteiger partial charge in [0.2, 0.25) is 0 Å². The van der Waals surface area contributed by atoms with Gasteiger partial charge in [-0.05, 0) is 63.0 Å². The third-order valence-corrected chi connectivity index (χ3v) is 9.46. The number of pyridine rings is 2. The monoisotopic (exact) mass is 598 g/mol. The highest BCUT2D eigenvalue weighted by molar-refractivity contribution is 6.19. The maximum atomic E-state index is 6.15. The Hall–Kier alpha value is -6.32. The van der Waals surface area contributed by atoms with Crippen molar-refractivity contribution in [1.29, 1.82) is 0 Å². The number of benzene rings is 7. The van der Waals surface area contributed by atoms with Gasteiger partial charge in [0.25, 0.3) is 0 Å². The molecule has 0 saturated carbocycles. The van der Waals surface area contributed by atoms with E-state index in [0.717, 1.165) is 60.9 Å². The maximum Gasteiger partial charge on any atom is 0.136 e. The fourth-order valence-electron chi connectivity index (χ4n) is 7.19. The van der Waals surface area contributed by atoms with Crippen molar-refractivity contribution in [3.63, 3.8) is 0 Å². The van der Waals surface area contributed by atoms with Crippen LogP contribution in [0.3, 0.4) is 0 Å². The Balaban J connectivity index is 1.13. The highest BCUT2D eigenvalue weighted by Gasteiger charge is 2.14. The molecule has 0 aliphatic heterocycles. The number of rotatable bonds is 3. The summed E-state index contributed by atoms with van der Waals surface area (Å²) in [6, 6.07) is 55.6. The van der Waals surface area contributed by atoms with Crippen LogP contribution in [-0.2, 0) is 0 Å². The third kappa shape index (κ3) is 4.07. The molecule has 3 aromatic heterocycles. The number of nitrogens with zero attached hydrogens (tertiary/aromatic N) is 2. The lowest BCUT2D eigenvalue weighted by molar-refractivity contribution is 0.669. The number of aromatic nitrogens is 2. The van der Waals surface area contributed by atoms with Crippen molar-refractivity contribution in [2.24, 2.45) is 0 Å². The summed E-state index contributed by atoms with van der Waals surface area (Å²) in [7, 11) is 0. The molecule has 3 heteroatoms. The molecule has 7 aromatic carbocycles. The molecule has 0 radical (unpaired) electrons. The first-order valence-corrected chi connectivity index (χ1v) is 15.9. The summed E-state index contributed by atoms with van der Waals surface area (Å²) in [6.45, 7) is 0. The fraction of sp³-hybridized carbons (Fsp3) is 0. The maximum absolute atomic E-state index is 6.15. The summed E-state index contributed by atoms with van der Waals surface area (Å²) in [5, 5.41) is 9.25. The van der Waals surface area contributed by atoms with Gasteiger partial charge in [-0.3, -0.25) is 0 Å². The standard InChI is InChI=1S/C44H26N2O/c1-2-8-27(9-3-1)38-23-19-28-16-17-29-20-24-39(46-44(29)43(28)45-38)36-14-7-12-34-32(11-6-13-35(34)36)30-18-22-33-31(26-30)21-25-41-42(33)37-10-4-5-15-40(37)47-41/h1-26H. The summed E-state index contributed by atoms with van der Waals surface area (Å²) >= 11 is 0. The topological polar surface area (TPSA) is 38.9 Å². The van der Waals surface area contributed by atoms with E-state index in [0.29, 0.717) is 0 Å². The Bertz CT molecular complexity index is 2850. The molecule has 10 aromatic rings. The van der Waals surface area contributed by atoms with Gasteiger partial charge in [0.1, 0.15) is 11.2 Å². The lowest BCUT2D eigenvalue weighted by atomic mass is 9.92. The van der Waals surface area contributed by atoms with Crippen LogP contribution in [0.5, 0.6) is 0 Å². The van der Waals surface area contributed by atoms with E-state index in [2.05, 4.69) is 127 Å². The van der Waals surface area contributed by atoms with Crippen molar-refractivity contribution in [3.8, 4) is 33.6 Å². The summed E-state index contributed by atoms with van der Waals surface area (Å²) in [5.41, 5.74) is 10.1. The van der Waals surface area contributed by atoms with Crippen LogP contribution in [0.1, 0.15) is 0 Å². The van der Waals surface area contributed by atoms with Crippen LogP contribution in [-0.4, -0.2) is 9.97 Å². The number of para-hydroxylation sites is 1. The Morgan fingerprint density at radius 1 is 0.362 bits per heavy atom. The van der Waals surface area contributed by atoms with Gasteiger partial charge < -0.3 is 4.42 Å². The predicted octanol–water partition coefficient (Wildman–Crippen LogP) is 12.0. The fourth-order valence-corrected chi connectivity index (χ4v) is 7.19. The van der Waals surface area contributed by atoms with Crippen molar-refractivity contribution in [2.75, 3.05) is 0 Å². The van der Waals surface area contributed by atoms with E-state index in [1.54, 1.807) is 0 Å². The van der Waals surface area contributed by atoms with Gasteiger partial charge in [0.05, 0.1) is 22.4 Å². The minimum Gasteiger partial charge on any atom is -0.456 e. The number of hydrogen-bond acceptors (Lipinski definition) is 3. The van der Waals surface area contributed by atoms with Gasteiger partial charge in [-0.1, -0.05) is 127 Å². The Morgan fingerprint density at radius 3 is 1.83 bits per heavy atom. The quantitative estimate of drug-likeness (QED) is 0.190. The molecule has 0 N–H and O–H groups in total. The minimum absolute atomic E-state index is 0.915. The largest absolute Gasteiger partial charge is 0.456 e. The highest BCUT2D eigenvalue weighted by Crippen LogP contribution is 2.39. The zero-order valence-corrected chi connectivity index (χ0v) is 25.3. The van der Waals surface area contributed by atoms with Gasteiger partial charge in [-0.15, -0.1) is 0 Å². The van der Waals surface area contributed by atoms with Gasteiger partial charge in [-0.25, -0.2) is 9.97 Å². The van der Waals surface area contributed by atoms with E-state index in [4.69, 9.17) is 14.4 Å². The van der Waals surface area contributed by atoms with Gasteiger partial charge >= 0.3 is 0 Å². The van der Waals surface area contributed by atoms with Crippen molar-refractivity contribution in [3.05, 3.63) is 158 Å². The summed E-state index contributed by atoms with van der Waals surface area (Å²) in [4.78, 5) is 10.4. The van der Waals surface area contributed by atoms with Crippen molar-refractivity contribution in [2.45, 2.75) is 0 Å². The molecule has 0 fully saturated rings. The summed E-state index contributed by atoms with van der Waals surface area (Å²) in [6.07, 6.45) is 0. The smallest absolute Gasteiger partial charge is 0.136 e. The highest BCUT2D eigenvalue weighted by atomic mass is 16.3. The summed E-state index contributed by atoms with van der Waals surface area (Å²) < 4.78 is 6.15.